The Labute approximate surface area is 180 Å². The molecule has 3 nitrogen and oxygen atoms in total. The minimum absolute atomic E-state index is 0.223. The number of aromatic nitrogens is 1. The summed E-state index contributed by atoms with van der Waals surface area (Å²) in [6.45, 7) is 8.68. The molecule has 0 fully saturated rings. The molecule has 0 N–H and O–H groups in total. The number of allylic oxidation sites excluding steroid dienone is 1. The molecule has 0 aliphatic carbocycles. The molecule has 0 saturated carbocycles. The number of hydrogen-bond acceptors (Lipinski definition) is 2. The molecule has 0 aliphatic rings. The Morgan fingerprint density at radius 3 is 2.37 bits per heavy atom. The van der Waals surface area contributed by atoms with Crippen molar-refractivity contribution >= 4 is 27.5 Å². The molecule has 0 atom stereocenters. The maximum absolute atomic E-state index is 12.9. The highest BCUT2D eigenvalue weighted by Gasteiger charge is 2.10. The Morgan fingerprint density at radius 1 is 1.00 bits per heavy atom. The van der Waals surface area contributed by atoms with Crippen LogP contribution in [0.1, 0.15) is 32.6 Å². The van der Waals surface area contributed by atoms with Crippen molar-refractivity contribution < 1.29 is 4.79 Å². The second kappa shape index (κ2) is 8.64. The molecule has 1 aromatic heterocycles. The summed E-state index contributed by atoms with van der Waals surface area (Å²) in [4.78, 5) is 18.0. The number of amides is 1. The topological polar surface area (TPSA) is 34.4 Å². The van der Waals surface area contributed by atoms with E-state index in [1.807, 2.05) is 48.5 Å². The molecule has 150 valence electrons. The van der Waals surface area contributed by atoms with E-state index in [0.717, 1.165) is 16.6 Å². The third-order valence-electron chi connectivity index (χ3n) is 5.26. The van der Waals surface area contributed by atoms with Crippen LogP contribution in [-0.4, -0.2) is 10.5 Å². The minimum Gasteiger partial charge on any atom is -0.312 e. The largest absolute Gasteiger partial charge is 0.312 e. The van der Waals surface area contributed by atoms with Gasteiger partial charge < -0.3 is 4.57 Å². The van der Waals surface area contributed by atoms with Crippen LogP contribution >= 0.6 is 11.3 Å². The average molecular weight is 413 g/mol. The molecule has 0 bridgehead atoms. The van der Waals surface area contributed by atoms with Crippen LogP contribution in [0.3, 0.4) is 0 Å². The molecule has 1 amide bonds. The Balaban J connectivity index is 1.66. The van der Waals surface area contributed by atoms with E-state index in [4.69, 9.17) is 0 Å². The van der Waals surface area contributed by atoms with Crippen molar-refractivity contribution in [3.8, 4) is 0 Å². The second-order valence-electron chi connectivity index (χ2n) is 7.46. The zero-order valence-corrected chi connectivity index (χ0v) is 18.1. The summed E-state index contributed by atoms with van der Waals surface area (Å²) in [5.74, 6) is -0.223. The van der Waals surface area contributed by atoms with E-state index in [9.17, 15) is 4.79 Å². The summed E-state index contributed by atoms with van der Waals surface area (Å²) in [6.07, 6.45) is 2.68. The number of nitrogens with zero attached hydrogens (tertiary/aromatic N) is 2. The van der Waals surface area contributed by atoms with Crippen LogP contribution in [0.25, 0.3) is 10.2 Å². The summed E-state index contributed by atoms with van der Waals surface area (Å²) in [7, 11) is 0. The van der Waals surface area contributed by atoms with Crippen LogP contribution in [0.4, 0.5) is 0 Å². The van der Waals surface area contributed by atoms with Gasteiger partial charge in [-0.1, -0.05) is 59.9 Å². The highest BCUT2D eigenvalue weighted by Crippen LogP contribution is 2.22. The van der Waals surface area contributed by atoms with Crippen molar-refractivity contribution in [2.45, 2.75) is 26.8 Å². The van der Waals surface area contributed by atoms with E-state index in [1.165, 1.54) is 22.3 Å². The van der Waals surface area contributed by atoms with Crippen LogP contribution in [0.2, 0.25) is 0 Å². The number of aryl methyl sites for hydroxylation is 2. The van der Waals surface area contributed by atoms with Crippen LogP contribution in [0.15, 0.2) is 84.4 Å². The zero-order valence-electron chi connectivity index (χ0n) is 17.3. The smallest absolute Gasteiger partial charge is 0.279 e. The highest BCUT2D eigenvalue weighted by molar-refractivity contribution is 7.16. The first kappa shape index (κ1) is 20.0. The number of carbonyl (C=O) groups is 1. The normalized spacial score (nSPS) is 11.7. The van der Waals surface area contributed by atoms with Gasteiger partial charge in [0.2, 0.25) is 0 Å². The van der Waals surface area contributed by atoms with Gasteiger partial charge in [0.05, 0.1) is 10.2 Å². The molecule has 4 heteroatoms. The van der Waals surface area contributed by atoms with Crippen LogP contribution in [0, 0.1) is 13.8 Å². The molecule has 3 aromatic carbocycles. The summed E-state index contributed by atoms with van der Waals surface area (Å²) >= 11 is 1.54. The maximum Gasteiger partial charge on any atom is 0.279 e. The lowest BCUT2D eigenvalue weighted by molar-refractivity contribution is 0.0998. The van der Waals surface area contributed by atoms with Gasteiger partial charge in [-0.15, -0.1) is 6.58 Å². The molecule has 0 spiro atoms. The molecule has 0 aliphatic heterocycles. The van der Waals surface area contributed by atoms with Gasteiger partial charge in [-0.25, -0.2) is 0 Å². The van der Waals surface area contributed by atoms with Crippen molar-refractivity contribution in [2.75, 3.05) is 0 Å². The Hall–Kier alpha value is -3.24. The van der Waals surface area contributed by atoms with Gasteiger partial charge in [0.25, 0.3) is 5.91 Å². The van der Waals surface area contributed by atoms with Gasteiger partial charge in [-0.2, -0.15) is 4.99 Å². The van der Waals surface area contributed by atoms with Gasteiger partial charge in [0.1, 0.15) is 0 Å². The Morgan fingerprint density at radius 2 is 1.67 bits per heavy atom. The predicted molar refractivity (Wildman–Crippen MR) is 125 cm³/mol. The van der Waals surface area contributed by atoms with Gasteiger partial charge in [0.15, 0.2) is 4.80 Å². The minimum atomic E-state index is -0.223. The van der Waals surface area contributed by atoms with E-state index in [0.29, 0.717) is 16.9 Å². The quantitative estimate of drug-likeness (QED) is 0.379. The molecule has 1 heterocycles. The molecule has 0 unspecified atom stereocenters. The van der Waals surface area contributed by atoms with Crippen molar-refractivity contribution in [3.05, 3.63) is 112 Å². The number of hydrogen-bond donors (Lipinski definition) is 0. The fourth-order valence-electron chi connectivity index (χ4n) is 3.46. The molecule has 4 rings (SSSR count). The third kappa shape index (κ3) is 4.19. The average Bonchev–Trinajstić information content (AvgIpc) is 3.06. The van der Waals surface area contributed by atoms with Crippen molar-refractivity contribution in [2.24, 2.45) is 4.99 Å². The first-order chi connectivity index (χ1) is 14.5. The van der Waals surface area contributed by atoms with E-state index in [-0.39, 0.29) is 5.91 Å². The third-order valence-corrected chi connectivity index (χ3v) is 6.30. The van der Waals surface area contributed by atoms with Gasteiger partial charge in [0, 0.05) is 12.1 Å². The molecular weight excluding hydrogens is 388 g/mol. The van der Waals surface area contributed by atoms with Crippen molar-refractivity contribution in [1.82, 2.24) is 4.57 Å². The summed E-state index contributed by atoms with van der Waals surface area (Å²) < 4.78 is 3.19. The lowest BCUT2D eigenvalue weighted by Gasteiger charge is -2.04. The van der Waals surface area contributed by atoms with Crippen molar-refractivity contribution in [1.29, 1.82) is 0 Å². The summed E-state index contributed by atoms with van der Waals surface area (Å²) in [5, 5.41) is 0. The maximum atomic E-state index is 12.9. The van der Waals surface area contributed by atoms with E-state index < -0.39 is 0 Å². The first-order valence-corrected chi connectivity index (χ1v) is 10.8. The van der Waals surface area contributed by atoms with E-state index in [2.05, 4.69) is 54.3 Å². The fraction of sp³-hybridized carbons (Fsp3) is 0.154. The molecular formula is C26H24N2OS. The van der Waals surface area contributed by atoms with Crippen molar-refractivity contribution in [3.63, 3.8) is 0 Å². The second-order valence-corrected chi connectivity index (χ2v) is 8.47. The SMILES string of the molecule is C=CCn1c(=NC(=O)c2ccc(Cc3ccccc3)cc2)sc2cc(C)c(C)cc21. The monoisotopic (exact) mass is 412 g/mol. The van der Waals surface area contributed by atoms with Crippen LogP contribution < -0.4 is 4.80 Å². The van der Waals surface area contributed by atoms with E-state index in [1.54, 1.807) is 11.3 Å². The number of fused-ring (bicyclic) bond motifs is 1. The van der Waals surface area contributed by atoms with Crippen LogP contribution in [0.5, 0.6) is 0 Å². The predicted octanol–water partition coefficient (Wildman–Crippen LogP) is 5.84. The van der Waals surface area contributed by atoms with Gasteiger partial charge in [-0.3, -0.25) is 4.79 Å². The summed E-state index contributed by atoms with van der Waals surface area (Å²) in [6, 6.07) is 22.4. The molecule has 0 saturated heterocycles. The number of rotatable bonds is 5. The first-order valence-electron chi connectivity index (χ1n) is 9.98. The number of carbonyl (C=O) groups excluding carboxylic acids is 1. The van der Waals surface area contributed by atoms with E-state index >= 15 is 0 Å². The molecule has 30 heavy (non-hydrogen) atoms. The van der Waals surface area contributed by atoms with Crippen LogP contribution in [-0.2, 0) is 13.0 Å². The summed E-state index contributed by atoms with van der Waals surface area (Å²) in [5.41, 5.74) is 6.58. The molecule has 4 aromatic rings. The standard InChI is InChI=1S/C26H24N2OS/c1-4-14-28-23-15-18(2)19(3)16-24(23)30-26(28)27-25(29)22-12-10-21(11-13-22)17-20-8-6-5-7-9-20/h4-13,15-16H,1,14,17H2,2-3H3. The Bertz CT molecular complexity index is 1280. The lowest BCUT2D eigenvalue weighted by atomic mass is 10.0. The zero-order chi connectivity index (χ0) is 21.1. The number of thiazole rings is 1. The van der Waals surface area contributed by atoms with Gasteiger partial charge >= 0.3 is 0 Å². The fourth-order valence-corrected chi connectivity index (χ4v) is 4.58. The lowest BCUT2D eigenvalue weighted by Crippen LogP contribution is -2.16. The molecule has 0 radical (unpaired) electrons. The van der Waals surface area contributed by atoms with Gasteiger partial charge in [-0.05, 0) is 66.8 Å². The highest BCUT2D eigenvalue weighted by atomic mass is 32.1. The Kier molecular flexibility index (Phi) is 5.77. The number of benzene rings is 3.